The van der Waals surface area contributed by atoms with Gasteiger partial charge in [-0.15, -0.1) is 0 Å². The van der Waals surface area contributed by atoms with Gasteiger partial charge in [-0.25, -0.2) is 29.3 Å². The SMILES string of the molecule is O=c1oc2c(-c3ccc(-c4nc5ccccc5n4-c4ccccc4)cc3)cccc2c2ccccc12.O=c1oc2cc(-c3ccc(-c4nc5ccccc5n4-c4ccccc4)cc3)ccc2c2ccccc12.O=c1oc2cccc(-c3ccc(-c4nc5ccccc5n4-c4ccccc4)cc3)c2c2ccccc12. The van der Waals surface area contributed by atoms with Crippen LogP contribution in [0.5, 0.6) is 0 Å². The maximum Gasteiger partial charge on any atom is 0.344 e. The van der Waals surface area contributed by atoms with Gasteiger partial charge >= 0.3 is 16.9 Å². The third-order valence-electron chi connectivity index (χ3n) is 20.0. The molecule has 0 radical (unpaired) electrons. The lowest BCUT2D eigenvalue weighted by Crippen LogP contribution is -2.00. The maximum atomic E-state index is 12.7. The second kappa shape index (κ2) is 27.1. The molecule has 0 fully saturated rings. The number of nitrogens with zero attached hydrogens (tertiary/aromatic N) is 6. The molecule has 0 N–H and O–H groups in total. The number of benzene rings is 15. The van der Waals surface area contributed by atoms with Crippen LogP contribution in [0.2, 0.25) is 0 Å². The van der Waals surface area contributed by atoms with Crippen LogP contribution in [0, 0.1) is 0 Å². The van der Waals surface area contributed by atoms with Crippen molar-refractivity contribution in [1.82, 2.24) is 28.7 Å². The molecule has 21 rings (SSSR count). The molecule has 6 aromatic heterocycles. The Morgan fingerprint density at radius 3 is 1.04 bits per heavy atom. The van der Waals surface area contributed by atoms with Crippen LogP contribution in [0.25, 0.3) is 183 Å². The van der Waals surface area contributed by atoms with Crippen LogP contribution < -0.4 is 16.9 Å². The second-order valence-corrected chi connectivity index (χ2v) is 26.4. The smallest absolute Gasteiger partial charge is 0.344 e. The normalized spacial score (nSPS) is 11.4. The second-order valence-electron chi connectivity index (χ2n) is 26.4. The molecule has 12 heteroatoms. The van der Waals surface area contributed by atoms with E-state index in [0.29, 0.717) is 32.9 Å². The van der Waals surface area contributed by atoms with Crippen LogP contribution in [0.1, 0.15) is 0 Å². The fourth-order valence-corrected chi connectivity index (χ4v) is 14.9. The van der Waals surface area contributed by atoms with Crippen molar-refractivity contribution in [2.75, 3.05) is 0 Å². The fraction of sp³-hybridized carbons (Fsp3) is 0. The first kappa shape index (κ1) is 64.0. The van der Waals surface area contributed by atoms with Crippen molar-refractivity contribution < 1.29 is 13.3 Å². The number of hydrogen-bond donors (Lipinski definition) is 0. The first-order valence-corrected chi connectivity index (χ1v) is 35.6. The Balaban J connectivity index is 0.000000110. The van der Waals surface area contributed by atoms with Crippen molar-refractivity contribution in [3.05, 3.63) is 395 Å². The molecule has 0 atom stereocenters. The minimum absolute atomic E-state index is 0.314. The van der Waals surface area contributed by atoms with E-state index in [1.54, 1.807) is 12.1 Å². The number of para-hydroxylation sites is 10. The monoisotopic (exact) mass is 1390 g/mol. The van der Waals surface area contributed by atoms with Gasteiger partial charge in [-0.05, 0) is 148 Å². The molecule has 21 aromatic rings. The molecule has 0 saturated heterocycles. The average molecular weight is 1390 g/mol. The zero-order chi connectivity index (χ0) is 72.2. The van der Waals surface area contributed by atoms with Crippen LogP contribution in [-0.4, -0.2) is 28.7 Å². The first-order valence-electron chi connectivity index (χ1n) is 35.6. The Labute approximate surface area is 616 Å². The lowest BCUT2D eigenvalue weighted by molar-refractivity contribution is 0.569. The summed E-state index contributed by atoms with van der Waals surface area (Å²) in [6, 6.07) is 121. The van der Waals surface area contributed by atoms with Gasteiger partial charge in [-0.1, -0.05) is 255 Å². The van der Waals surface area contributed by atoms with E-state index < -0.39 is 0 Å². The molecule has 0 aliphatic carbocycles. The van der Waals surface area contributed by atoms with Crippen molar-refractivity contribution in [3.63, 3.8) is 0 Å². The number of rotatable bonds is 9. The summed E-state index contributed by atoms with van der Waals surface area (Å²) in [6.07, 6.45) is 0. The Hall–Kier alpha value is -14.9. The van der Waals surface area contributed by atoms with Crippen molar-refractivity contribution in [1.29, 1.82) is 0 Å². The molecule has 0 saturated carbocycles. The molecule has 0 unspecified atom stereocenters. The Bertz CT molecular complexity index is 7210. The number of fused-ring (bicyclic) bond motifs is 12. The molecule has 6 heterocycles. The first-order chi connectivity index (χ1) is 53.3. The number of imidazole rings is 3. The van der Waals surface area contributed by atoms with E-state index in [9.17, 15) is 14.4 Å². The van der Waals surface area contributed by atoms with Crippen molar-refractivity contribution in [2.24, 2.45) is 0 Å². The third kappa shape index (κ3) is 11.5. The van der Waals surface area contributed by atoms with E-state index in [1.807, 2.05) is 212 Å². The van der Waals surface area contributed by atoms with Gasteiger partial charge in [-0.2, -0.15) is 0 Å². The summed E-state index contributed by atoms with van der Waals surface area (Å²) in [7, 11) is 0. The van der Waals surface area contributed by atoms with Gasteiger partial charge in [0.25, 0.3) is 0 Å². The fourth-order valence-electron chi connectivity index (χ4n) is 14.9. The van der Waals surface area contributed by atoms with Gasteiger partial charge < -0.3 is 13.3 Å². The van der Waals surface area contributed by atoms with Crippen LogP contribution in [0.3, 0.4) is 0 Å². The highest BCUT2D eigenvalue weighted by Gasteiger charge is 2.21. The zero-order valence-corrected chi connectivity index (χ0v) is 57.8. The van der Waals surface area contributed by atoms with Crippen LogP contribution in [0.4, 0.5) is 0 Å². The van der Waals surface area contributed by atoms with Gasteiger partial charge in [0.05, 0.1) is 49.3 Å². The van der Waals surface area contributed by atoms with E-state index in [4.69, 9.17) is 28.2 Å². The highest BCUT2D eigenvalue weighted by molar-refractivity contribution is 6.12. The average Bonchev–Trinajstić information content (AvgIpc) is 1.36. The van der Waals surface area contributed by atoms with Gasteiger partial charge in [0.2, 0.25) is 0 Å². The molecule has 0 amide bonds. The molecule has 12 nitrogen and oxygen atoms in total. The third-order valence-corrected chi connectivity index (χ3v) is 20.0. The molecule has 0 bridgehead atoms. The lowest BCUT2D eigenvalue weighted by atomic mass is 9.96. The molecular formula is C96H60N6O6. The topological polar surface area (TPSA) is 144 Å². The van der Waals surface area contributed by atoms with Crippen LogP contribution in [0.15, 0.2) is 392 Å². The largest absolute Gasteiger partial charge is 0.422 e. The van der Waals surface area contributed by atoms with E-state index in [-0.39, 0.29) is 16.9 Å². The van der Waals surface area contributed by atoms with Crippen molar-refractivity contribution >= 4 is 98.3 Å². The minimum Gasteiger partial charge on any atom is -0.422 e. The quantitative estimate of drug-likeness (QED) is 0.102. The minimum atomic E-state index is -0.321. The Morgan fingerprint density at radius 2 is 0.556 bits per heavy atom. The predicted octanol–water partition coefficient (Wildman–Crippen LogP) is 22.9. The van der Waals surface area contributed by atoms with Gasteiger partial charge in [0.1, 0.15) is 34.2 Å². The molecule has 15 aromatic carbocycles. The van der Waals surface area contributed by atoms with E-state index in [0.717, 1.165) is 150 Å². The predicted molar refractivity (Wildman–Crippen MR) is 436 cm³/mol. The van der Waals surface area contributed by atoms with Gasteiger partial charge in [0, 0.05) is 60.9 Å². The molecule has 0 spiro atoms. The number of aromatic nitrogens is 6. The lowest BCUT2D eigenvalue weighted by Gasteiger charge is -2.11. The Morgan fingerprint density at radius 1 is 0.222 bits per heavy atom. The van der Waals surface area contributed by atoms with Crippen molar-refractivity contribution in [3.8, 4) is 84.6 Å². The summed E-state index contributed by atoms with van der Waals surface area (Å²) in [5.74, 6) is 2.66. The molecule has 0 aliphatic rings. The summed E-state index contributed by atoms with van der Waals surface area (Å²) < 4.78 is 23.7. The Kier molecular flexibility index (Phi) is 16.0. The van der Waals surface area contributed by atoms with Crippen LogP contribution in [-0.2, 0) is 0 Å². The van der Waals surface area contributed by atoms with Crippen LogP contribution >= 0.6 is 0 Å². The summed E-state index contributed by atoms with van der Waals surface area (Å²) in [5.41, 5.74) is 19.1. The summed E-state index contributed by atoms with van der Waals surface area (Å²) >= 11 is 0. The molecule has 0 aliphatic heterocycles. The summed E-state index contributed by atoms with van der Waals surface area (Å²) in [5, 5.41) is 7.29. The van der Waals surface area contributed by atoms with E-state index in [1.165, 1.54) is 0 Å². The van der Waals surface area contributed by atoms with Crippen molar-refractivity contribution in [2.45, 2.75) is 0 Å². The molecule has 510 valence electrons. The standard InChI is InChI=1S/3C32H20N2O2/c35-32-27-12-5-4-11-25(27)26-14-8-13-24(30(26)36-32)21-17-19-22(20-18-21)31-33-28-15-6-7-16-29(28)34(31)23-9-2-1-3-10-23;35-32-26-12-5-4-11-25(26)30-24(13-8-16-29(30)36-32)21-17-19-22(20-18-21)31-33-27-14-6-7-15-28(27)34(31)23-9-2-1-3-10-23;35-32-27-11-5-4-10-25(27)26-19-18-23(20-30(26)36-32)21-14-16-22(17-15-21)31-33-28-12-6-7-13-29(28)34(31)24-8-2-1-3-9-24/h3*1-20H. The van der Waals surface area contributed by atoms with E-state index in [2.05, 4.69) is 153 Å². The maximum absolute atomic E-state index is 12.7. The summed E-state index contributed by atoms with van der Waals surface area (Å²) in [4.78, 5) is 52.6. The van der Waals surface area contributed by atoms with E-state index >= 15 is 0 Å². The highest BCUT2D eigenvalue weighted by Crippen LogP contribution is 2.39. The highest BCUT2D eigenvalue weighted by atomic mass is 16.4. The zero-order valence-electron chi connectivity index (χ0n) is 57.8. The number of hydrogen-bond acceptors (Lipinski definition) is 9. The molecule has 108 heavy (non-hydrogen) atoms. The van der Waals surface area contributed by atoms with Gasteiger partial charge in [0.15, 0.2) is 0 Å². The summed E-state index contributed by atoms with van der Waals surface area (Å²) in [6.45, 7) is 0. The molecular weight excluding hydrogens is 1330 g/mol. The van der Waals surface area contributed by atoms with Gasteiger partial charge in [-0.3, -0.25) is 13.7 Å².